The SMILES string of the molecule is Cn1ncc(C(=O)N[C@H]2CCCC[C@H]2Oc2ccccc2)c1N. The van der Waals surface area contributed by atoms with Gasteiger partial charge in [0.05, 0.1) is 12.2 Å². The van der Waals surface area contributed by atoms with Crippen LogP contribution in [0.1, 0.15) is 36.0 Å². The van der Waals surface area contributed by atoms with Crippen LogP contribution in [0.5, 0.6) is 5.75 Å². The van der Waals surface area contributed by atoms with Crippen LogP contribution in [-0.4, -0.2) is 27.8 Å². The predicted molar refractivity (Wildman–Crippen MR) is 88.2 cm³/mol. The highest BCUT2D eigenvalue weighted by atomic mass is 16.5. The molecule has 1 aliphatic carbocycles. The second-order valence-electron chi connectivity index (χ2n) is 5.90. The first-order valence-electron chi connectivity index (χ1n) is 7.95. The van der Waals surface area contributed by atoms with Crippen LogP contribution < -0.4 is 15.8 Å². The Labute approximate surface area is 135 Å². The summed E-state index contributed by atoms with van der Waals surface area (Å²) >= 11 is 0. The molecule has 1 aromatic carbocycles. The number of nitrogens with two attached hydrogens (primary N) is 1. The lowest BCUT2D eigenvalue weighted by molar-refractivity contribution is 0.0798. The number of benzene rings is 1. The highest BCUT2D eigenvalue weighted by Gasteiger charge is 2.29. The third kappa shape index (κ3) is 3.47. The average Bonchev–Trinajstić information content (AvgIpc) is 2.90. The van der Waals surface area contributed by atoms with Crippen molar-refractivity contribution in [3.63, 3.8) is 0 Å². The first kappa shape index (κ1) is 15.4. The Bertz CT molecular complexity index is 668. The summed E-state index contributed by atoms with van der Waals surface area (Å²) in [4.78, 5) is 12.4. The number of hydrogen-bond acceptors (Lipinski definition) is 4. The monoisotopic (exact) mass is 314 g/mol. The third-order valence-corrected chi connectivity index (χ3v) is 4.28. The summed E-state index contributed by atoms with van der Waals surface area (Å²) in [5, 5.41) is 7.08. The Hall–Kier alpha value is -2.50. The van der Waals surface area contributed by atoms with Crippen LogP contribution >= 0.6 is 0 Å². The van der Waals surface area contributed by atoms with Gasteiger partial charge in [-0.3, -0.25) is 9.48 Å². The number of ether oxygens (including phenoxy) is 1. The smallest absolute Gasteiger partial charge is 0.257 e. The molecule has 1 heterocycles. The molecule has 0 unspecified atom stereocenters. The molecule has 6 heteroatoms. The number of rotatable bonds is 4. The van der Waals surface area contributed by atoms with E-state index in [1.165, 1.54) is 10.9 Å². The molecule has 3 rings (SSSR count). The number of nitrogens with one attached hydrogen (secondary N) is 1. The van der Waals surface area contributed by atoms with Crippen molar-refractivity contribution in [2.24, 2.45) is 7.05 Å². The van der Waals surface area contributed by atoms with Crippen LogP contribution in [0.15, 0.2) is 36.5 Å². The van der Waals surface area contributed by atoms with Gasteiger partial charge in [0.15, 0.2) is 0 Å². The molecule has 122 valence electrons. The minimum Gasteiger partial charge on any atom is -0.488 e. The van der Waals surface area contributed by atoms with Crippen molar-refractivity contribution >= 4 is 11.7 Å². The zero-order chi connectivity index (χ0) is 16.2. The van der Waals surface area contributed by atoms with E-state index in [2.05, 4.69) is 10.4 Å². The minimum atomic E-state index is -0.191. The second-order valence-corrected chi connectivity index (χ2v) is 5.90. The molecule has 0 saturated heterocycles. The van der Waals surface area contributed by atoms with Crippen molar-refractivity contribution in [2.75, 3.05) is 5.73 Å². The standard InChI is InChI=1S/C17H22N4O2/c1-21-16(18)13(11-19-21)17(22)20-14-9-5-6-10-15(14)23-12-7-3-2-4-8-12/h2-4,7-8,11,14-15H,5-6,9-10,18H2,1H3,(H,20,22)/t14-,15+/m0/s1. The van der Waals surface area contributed by atoms with E-state index >= 15 is 0 Å². The number of amides is 1. The van der Waals surface area contributed by atoms with Crippen LogP contribution in [0, 0.1) is 0 Å². The van der Waals surface area contributed by atoms with Gasteiger partial charge < -0.3 is 15.8 Å². The van der Waals surface area contributed by atoms with Gasteiger partial charge >= 0.3 is 0 Å². The normalized spacial score (nSPS) is 20.9. The van der Waals surface area contributed by atoms with E-state index in [4.69, 9.17) is 10.5 Å². The summed E-state index contributed by atoms with van der Waals surface area (Å²) in [5.41, 5.74) is 6.29. The number of anilines is 1. The van der Waals surface area contributed by atoms with Crippen LogP contribution in [0.2, 0.25) is 0 Å². The first-order chi connectivity index (χ1) is 11.1. The Morgan fingerprint density at radius 3 is 2.74 bits per heavy atom. The summed E-state index contributed by atoms with van der Waals surface area (Å²) in [5.74, 6) is 1.02. The van der Waals surface area contributed by atoms with Crippen LogP contribution in [0.4, 0.5) is 5.82 Å². The van der Waals surface area contributed by atoms with E-state index in [0.29, 0.717) is 11.4 Å². The van der Waals surface area contributed by atoms with Gasteiger partial charge in [-0.2, -0.15) is 5.10 Å². The fourth-order valence-electron chi connectivity index (χ4n) is 2.94. The number of aryl methyl sites for hydroxylation is 1. The maximum absolute atomic E-state index is 12.4. The van der Waals surface area contributed by atoms with Crippen molar-refractivity contribution in [1.29, 1.82) is 0 Å². The largest absolute Gasteiger partial charge is 0.488 e. The lowest BCUT2D eigenvalue weighted by Crippen LogP contribution is -2.47. The molecule has 2 atom stereocenters. The van der Waals surface area contributed by atoms with Crippen LogP contribution in [0.3, 0.4) is 0 Å². The van der Waals surface area contributed by atoms with Gasteiger partial charge in [0.2, 0.25) is 0 Å². The van der Waals surface area contributed by atoms with Crippen molar-refractivity contribution in [3.05, 3.63) is 42.1 Å². The molecule has 0 aliphatic heterocycles. The van der Waals surface area contributed by atoms with Gasteiger partial charge in [-0.15, -0.1) is 0 Å². The molecule has 2 aromatic rings. The van der Waals surface area contributed by atoms with Gasteiger partial charge in [0.25, 0.3) is 5.91 Å². The fraction of sp³-hybridized carbons (Fsp3) is 0.412. The van der Waals surface area contributed by atoms with Crippen LogP contribution in [-0.2, 0) is 7.05 Å². The van der Waals surface area contributed by atoms with Crippen molar-refractivity contribution in [3.8, 4) is 5.75 Å². The van der Waals surface area contributed by atoms with Crippen molar-refractivity contribution in [1.82, 2.24) is 15.1 Å². The molecular weight excluding hydrogens is 292 g/mol. The lowest BCUT2D eigenvalue weighted by Gasteiger charge is -2.32. The molecule has 0 spiro atoms. The zero-order valence-electron chi connectivity index (χ0n) is 13.2. The Morgan fingerprint density at radius 2 is 2.04 bits per heavy atom. The average molecular weight is 314 g/mol. The van der Waals surface area contributed by atoms with E-state index in [-0.39, 0.29) is 18.1 Å². The predicted octanol–water partition coefficient (Wildman–Crippen LogP) is 2.12. The van der Waals surface area contributed by atoms with Gasteiger partial charge in [-0.05, 0) is 31.4 Å². The zero-order valence-corrected chi connectivity index (χ0v) is 13.2. The second kappa shape index (κ2) is 6.73. The topological polar surface area (TPSA) is 82.2 Å². The minimum absolute atomic E-state index is 0.0175. The quantitative estimate of drug-likeness (QED) is 0.905. The maximum Gasteiger partial charge on any atom is 0.257 e. The molecule has 1 aliphatic rings. The van der Waals surface area contributed by atoms with E-state index < -0.39 is 0 Å². The number of carbonyl (C=O) groups excluding carboxylic acids is 1. The summed E-state index contributed by atoms with van der Waals surface area (Å²) in [6.45, 7) is 0. The molecule has 1 amide bonds. The van der Waals surface area contributed by atoms with Gasteiger partial charge in [-0.1, -0.05) is 24.6 Å². The van der Waals surface area contributed by atoms with Gasteiger partial charge in [0.1, 0.15) is 23.2 Å². The van der Waals surface area contributed by atoms with E-state index in [1.807, 2.05) is 30.3 Å². The number of carbonyl (C=O) groups is 1. The Balaban J connectivity index is 1.69. The van der Waals surface area contributed by atoms with E-state index in [9.17, 15) is 4.79 Å². The molecule has 23 heavy (non-hydrogen) atoms. The molecule has 6 nitrogen and oxygen atoms in total. The molecular formula is C17H22N4O2. The van der Waals surface area contributed by atoms with Crippen molar-refractivity contribution in [2.45, 2.75) is 37.8 Å². The number of nitrogens with zero attached hydrogens (tertiary/aromatic N) is 2. The lowest BCUT2D eigenvalue weighted by atomic mass is 9.92. The number of nitrogen functional groups attached to an aromatic ring is 1. The van der Waals surface area contributed by atoms with Crippen LogP contribution in [0.25, 0.3) is 0 Å². The number of para-hydroxylation sites is 1. The molecule has 3 N–H and O–H groups in total. The van der Waals surface area contributed by atoms with E-state index in [1.54, 1.807) is 7.05 Å². The third-order valence-electron chi connectivity index (χ3n) is 4.28. The fourth-order valence-corrected chi connectivity index (χ4v) is 2.94. The molecule has 0 radical (unpaired) electrons. The van der Waals surface area contributed by atoms with Gasteiger partial charge in [0, 0.05) is 7.05 Å². The maximum atomic E-state index is 12.4. The molecule has 1 saturated carbocycles. The Kier molecular flexibility index (Phi) is 4.50. The summed E-state index contributed by atoms with van der Waals surface area (Å²) < 4.78 is 7.57. The van der Waals surface area contributed by atoms with E-state index in [0.717, 1.165) is 31.4 Å². The summed E-state index contributed by atoms with van der Waals surface area (Å²) in [7, 11) is 1.72. The Morgan fingerprint density at radius 1 is 1.30 bits per heavy atom. The highest BCUT2D eigenvalue weighted by Crippen LogP contribution is 2.24. The highest BCUT2D eigenvalue weighted by molar-refractivity contribution is 5.98. The van der Waals surface area contributed by atoms with Gasteiger partial charge in [-0.25, -0.2) is 0 Å². The summed E-state index contributed by atoms with van der Waals surface area (Å²) in [6, 6.07) is 9.71. The summed E-state index contributed by atoms with van der Waals surface area (Å²) in [6.07, 6.45) is 5.51. The molecule has 1 aromatic heterocycles. The number of aromatic nitrogens is 2. The first-order valence-corrected chi connectivity index (χ1v) is 7.95. The number of hydrogen-bond donors (Lipinski definition) is 2. The van der Waals surface area contributed by atoms with Crippen molar-refractivity contribution < 1.29 is 9.53 Å². The molecule has 0 bridgehead atoms. The molecule has 1 fully saturated rings.